The number of nitrogens with zero attached hydrogens (tertiary/aromatic N) is 1. The third-order valence-corrected chi connectivity index (χ3v) is 3.57. The molecule has 17 heavy (non-hydrogen) atoms. The number of nitrogens with one attached hydrogen (secondary N) is 1. The second kappa shape index (κ2) is 6.36. The van der Waals surface area contributed by atoms with Crippen molar-refractivity contribution < 1.29 is 9.53 Å². The first-order chi connectivity index (χ1) is 8.01. The highest BCUT2D eigenvalue weighted by Gasteiger charge is 2.33. The number of ether oxygens (including phenoxy) is 1. The average Bonchev–Trinajstić information content (AvgIpc) is 2.36. The number of esters is 1. The molecule has 0 aromatic carbocycles. The smallest absolute Gasteiger partial charge is 0.312 e. The molecule has 0 aromatic heterocycles. The summed E-state index contributed by atoms with van der Waals surface area (Å²) in [6.07, 6.45) is 2.34. The van der Waals surface area contributed by atoms with Gasteiger partial charge in [-0.25, -0.2) is 0 Å². The van der Waals surface area contributed by atoms with E-state index < -0.39 is 5.41 Å². The van der Waals surface area contributed by atoms with Crippen LogP contribution in [0.25, 0.3) is 0 Å². The summed E-state index contributed by atoms with van der Waals surface area (Å²) in [6.45, 7) is 10.0. The maximum absolute atomic E-state index is 11.7. The Morgan fingerprint density at radius 3 is 2.47 bits per heavy atom. The summed E-state index contributed by atoms with van der Waals surface area (Å²) in [4.78, 5) is 14.1. The maximum atomic E-state index is 11.7. The Kier molecular flexibility index (Phi) is 5.40. The molecule has 100 valence electrons. The van der Waals surface area contributed by atoms with Gasteiger partial charge in [-0.2, -0.15) is 0 Å². The van der Waals surface area contributed by atoms with Crippen LogP contribution in [0.1, 0.15) is 33.6 Å². The van der Waals surface area contributed by atoms with Gasteiger partial charge < -0.3 is 10.1 Å². The number of piperidine rings is 1. The molecule has 1 rings (SSSR count). The van der Waals surface area contributed by atoms with Crippen LogP contribution in [0.3, 0.4) is 0 Å². The normalized spacial score (nSPS) is 18.4. The van der Waals surface area contributed by atoms with E-state index in [0.29, 0.717) is 6.04 Å². The van der Waals surface area contributed by atoms with Crippen LogP contribution in [0.5, 0.6) is 0 Å². The highest BCUT2D eigenvalue weighted by Crippen LogP contribution is 2.22. The van der Waals surface area contributed by atoms with Gasteiger partial charge in [0.05, 0.1) is 12.5 Å². The van der Waals surface area contributed by atoms with Crippen LogP contribution in [0.2, 0.25) is 0 Å². The minimum Gasteiger partial charge on any atom is -0.469 e. The zero-order chi connectivity index (χ0) is 12.9. The summed E-state index contributed by atoms with van der Waals surface area (Å²) in [7, 11) is 1.46. The maximum Gasteiger partial charge on any atom is 0.312 e. The molecule has 0 aliphatic carbocycles. The van der Waals surface area contributed by atoms with Gasteiger partial charge in [0.25, 0.3) is 0 Å². The fourth-order valence-electron chi connectivity index (χ4n) is 2.52. The Labute approximate surface area is 105 Å². The minimum atomic E-state index is -0.421. The molecule has 0 unspecified atom stereocenters. The van der Waals surface area contributed by atoms with Gasteiger partial charge in [0.15, 0.2) is 0 Å². The molecule has 4 heteroatoms. The van der Waals surface area contributed by atoms with E-state index in [-0.39, 0.29) is 5.97 Å². The van der Waals surface area contributed by atoms with E-state index in [1.165, 1.54) is 20.0 Å². The highest BCUT2D eigenvalue weighted by atomic mass is 16.5. The Morgan fingerprint density at radius 1 is 1.41 bits per heavy atom. The van der Waals surface area contributed by atoms with Gasteiger partial charge in [-0.3, -0.25) is 9.69 Å². The molecule has 1 aliphatic rings. The molecule has 1 saturated heterocycles. The van der Waals surface area contributed by atoms with Crippen LogP contribution in [-0.2, 0) is 9.53 Å². The van der Waals surface area contributed by atoms with Crippen LogP contribution in [0.4, 0.5) is 0 Å². The standard InChI is InChI=1S/C13H26N2O2/c1-5-15(11-6-8-14-9-7-11)10-13(2,3)12(16)17-4/h11,14H,5-10H2,1-4H3. The van der Waals surface area contributed by atoms with E-state index in [4.69, 9.17) is 4.74 Å². The fourth-order valence-corrected chi connectivity index (χ4v) is 2.52. The lowest BCUT2D eigenvalue weighted by molar-refractivity contribution is -0.152. The van der Waals surface area contributed by atoms with Crippen molar-refractivity contribution in [2.75, 3.05) is 33.3 Å². The van der Waals surface area contributed by atoms with Crippen LogP contribution < -0.4 is 5.32 Å². The molecule has 1 N–H and O–H groups in total. The van der Waals surface area contributed by atoms with Crippen LogP contribution >= 0.6 is 0 Å². The molecule has 0 bridgehead atoms. The third-order valence-electron chi connectivity index (χ3n) is 3.57. The summed E-state index contributed by atoms with van der Waals surface area (Å²) in [6, 6.07) is 0.602. The summed E-state index contributed by atoms with van der Waals surface area (Å²) in [5.74, 6) is -0.120. The van der Waals surface area contributed by atoms with Gasteiger partial charge in [-0.15, -0.1) is 0 Å². The molecule has 0 atom stereocenters. The monoisotopic (exact) mass is 242 g/mol. The Balaban J connectivity index is 2.58. The van der Waals surface area contributed by atoms with E-state index in [0.717, 1.165) is 26.2 Å². The summed E-state index contributed by atoms with van der Waals surface area (Å²) < 4.78 is 4.87. The number of hydrogen-bond acceptors (Lipinski definition) is 4. The Bertz CT molecular complexity index is 248. The van der Waals surface area contributed by atoms with Crippen molar-refractivity contribution in [2.24, 2.45) is 5.41 Å². The van der Waals surface area contributed by atoms with E-state index in [1.54, 1.807) is 0 Å². The van der Waals surface area contributed by atoms with Crippen molar-refractivity contribution in [1.82, 2.24) is 10.2 Å². The largest absolute Gasteiger partial charge is 0.469 e. The molecule has 0 spiro atoms. The molecule has 1 heterocycles. The number of carbonyl (C=O) groups excluding carboxylic acids is 1. The number of methoxy groups -OCH3 is 1. The molecule has 1 fully saturated rings. The Morgan fingerprint density at radius 2 is 2.00 bits per heavy atom. The fraction of sp³-hybridized carbons (Fsp3) is 0.923. The van der Waals surface area contributed by atoms with Gasteiger partial charge in [0.1, 0.15) is 0 Å². The molecule has 0 saturated carbocycles. The van der Waals surface area contributed by atoms with Gasteiger partial charge in [0.2, 0.25) is 0 Å². The first-order valence-electron chi connectivity index (χ1n) is 6.54. The van der Waals surface area contributed by atoms with E-state index >= 15 is 0 Å². The van der Waals surface area contributed by atoms with Crippen molar-refractivity contribution >= 4 is 5.97 Å². The first-order valence-corrected chi connectivity index (χ1v) is 6.54. The number of hydrogen-bond donors (Lipinski definition) is 1. The van der Waals surface area contributed by atoms with E-state index in [2.05, 4.69) is 17.1 Å². The lowest BCUT2D eigenvalue weighted by atomic mass is 9.91. The minimum absolute atomic E-state index is 0.120. The number of carbonyl (C=O) groups is 1. The zero-order valence-electron chi connectivity index (χ0n) is 11.6. The molecule has 0 aromatic rings. The van der Waals surface area contributed by atoms with Crippen molar-refractivity contribution in [3.63, 3.8) is 0 Å². The lowest BCUT2D eigenvalue weighted by Gasteiger charge is -2.37. The van der Waals surface area contributed by atoms with Gasteiger partial charge in [-0.1, -0.05) is 6.92 Å². The van der Waals surface area contributed by atoms with Gasteiger partial charge in [-0.05, 0) is 46.3 Å². The highest BCUT2D eigenvalue weighted by molar-refractivity contribution is 5.76. The van der Waals surface area contributed by atoms with Crippen LogP contribution in [0.15, 0.2) is 0 Å². The Hall–Kier alpha value is -0.610. The average molecular weight is 242 g/mol. The SMILES string of the molecule is CCN(CC(C)(C)C(=O)OC)C1CCNCC1. The topological polar surface area (TPSA) is 41.6 Å². The number of rotatable bonds is 5. The van der Waals surface area contributed by atoms with Gasteiger partial charge in [0, 0.05) is 12.6 Å². The predicted molar refractivity (Wildman–Crippen MR) is 68.9 cm³/mol. The predicted octanol–water partition coefficient (Wildman–Crippen LogP) is 1.26. The lowest BCUT2D eigenvalue weighted by Crippen LogP contribution is -2.48. The summed E-state index contributed by atoms with van der Waals surface area (Å²) >= 11 is 0. The molecular formula is C13H26N2O2. The van der Waals surface area contributed by atoms with Crippen molar-refractivity contribution in [2.45, 2.75) is 39.7 Å². The van der Waals surface area contributed by atoms with E-state index in [9.17, 15) is 4.79 Å². The second-order valence-electron chi connectivity index (χ2n) is 5.42. The van der Waals surface area contributed by atoms with Gasteiger partial charge >= 0.3 is 5.97 Å². The second-order valence-corrected chi connectivity index (χ2v) is 5.42. The summed E-state index contributed by atoms with van der Waals surface area (Å²) in [5.41, 5.74) is -0.421. The molecular weight excluding hydrogens is 216 g/mol. The van der Waals surface area contributed by atoms with Crippen molar-refractivity contribution in [3.8, 4) is 0 Å². The third kappa shape index (κ3) is 3.96. The molecule has 0 radical (unpaired) electrons. The van der Waals surface area contributed by atoms with Crippen LogP contribution in [-0.4, -0.2) is 50.2 Å². The van der Waals surface area contributed by atoms with Crippen molar-refractivity contribution in [1.29, 1.82) is 0 Å². The molecule has 0 amide bonds. The quantitative estimate of drug-likeness (QED) is 0.737. The molecule has 1 aliphatic heterocycles. The summed E-state index contributed by atoms with van der Waals surface area (Å²) in [5, 5.41) is 3.37. The molecule has 4 nitrogen and oxygen atoms in total. The van der Waals surface area contributed by atoms with Crippen molar-refractivity contribution in [3.05, 3.63) is 0 Å². The van der Waals surface area contributed by atoms with E-state index in [1.807, 2.05) is 13.8 Å². The zero-order valence-corrected chi connectivity index (χ0v) is 11.6. The first kappa shape index (κ1) is 14.5. The van der Waals surface area contributed by atoms with Crippen LogP contribution in [0, 0.1) is 5.41 Å².